The Kier molecular flexibility index (Phi) is 2.96. The maximum atomic E-state index is 6.00. The fourth-order valence-electron chi connectivity index (χ4n) is 2.09. The Balaban J connectivity index is 2.03. The van der Waals surface area contributed by atoms with Crippen LogP contribution in [0.3, 0.4) is 0 Å². The number of nitrogen functional groups attached to an aromatic ring is 1. The van der Waals surface area contributed by atoms with E-state index in [2.05, 4.69) is 41.2 Å². The quantitative estimate of drug-likeness (QED) is 0.898. The van der Waals surface area contributed by atoms with Crippen LogP contribution in [-0.2, 0) is 17.9 Å². The fraction of sp³-hybridized carbons (Fsp3) is 0.286. The van der Waals surface area contributed by atoms with Crippen molar-refractivity contribution < 1.29 is 0 Å². The first kappa shape index (κ1) is 11.5. The van der Waals surface area contributed by atoms with Gasteiger partial charge in [-0.05, 0) is 12.0 Å². The molecule has 0 unspecified atom stereocenters. The summed E-state index contributed by atoms with van der Waals surface area (Å²) in [5.74, 6) is 3.27. The number of nitrogens with zero attached hydrogens (tertiary/aromatic N) is 2. The Labute approximate surface area is 111 Å². The van der Waals surface area contributed by atoms with Crippen LogP contribution < -0.4 is 5.73 Å². The van der Waals surface area contributed by atoms with Crippen molar-refractivity contribution in [3.8, 4) is 11.4 Å². The zero-order valence-corrected chi connectivity index (χ0v) is 11.1. The minimum atomic E-state index is 0.638. The van der Waals surface area contributed by atoms with E-state index in [-0.39, 0.29) is 0 Å². The fourth-order valence-corrected chi connectivity index (χ4v) is 3.15. The first-order valence-electron chi connectivity index (χ1n) is 6.10. The van der Waals surface area contributed by atoms with Gasteiger partial charge in [0.15, 0.2) is 5.82 Å². The molecule has 0 atom stereocenters. The standard InChI is InChI=1S/C14H15N3S/c1-2-9-3-5-10(6-4-9)14-16-12-8-18-7-11(12)13(15)17-14/h3-6H,2,7-8H2,1H3,(H2,15,16,17). The number of fused-ring (bicyclic) bond motifs is 1. The molecule has 4 heteroatoms. The highest BCUT2D eigenvalue weighted by Gasteiger charge is 2.18. The van der Waals surface area contributed by atoms with Gasteiger partial charge in [0, 0.05) is 22.6 Å². The SMILES string of the molecule is CCc1ccc(-c2nc(N)c3c(n2)CSC3)cc1. The molecular weight excluding hydrogens is 242 g/mol. The smallest absolute Gasteiger partial charge is 0.161 e. The molecule has 0 aliphatic carbocycles. The Morgan fingerprint density at radius 3 is 2.67 bits per heavy atom. The normalized spacial score (nSPS) is 13.6. The summed E-state index contributed by atoms with van der Waals surface area (Å²) in [6.07, 6.45) is 1.05. The second-order valence-electron chi connectivity index (χ2n) is 4.40. The van der Waals surface area contributed by atoms with Crippen molar-refractivity contribution in [3.05, 3.63) is 41.1 Å². The summed E-state index contributed by atoms with van der Waals surface area (Å²) in [6, 6.07) is 8.39. The number of rotatable bonds is 2. The molecule has 92 valence electrons. The minimum absolute atomic E-state index is 0.638. The molecule has 0 amide bonds. The van der Waals surface area contributed by atoms with E-state index in [1.54, 1.807) is 0 Å². The van der Waals surface area contributed by atoms with E-state index in [0.717, 1.165) is 40.6 Å². The molecule has 3 nitrogen and oxygen atoms in total. The highest BCUT2D eigenvalue weighted by Crippen LogP contribution is 2.33. The van der Waals surface area contributed by atoms with Gasteiger partial charge in [0.05, 0.1) is 5.69 Å². The zero-order chi connectivity index (χ0) is 12.5. The summed E-state index contributed by atoms with van der Waals surface area (Å²) in [4.78, 5) is 9.05. The number of nitrogens with two attached hydrogens (primary N) is 1. The van der Waals surface area contributed by atoms with Crippen LogP contribution in [0.25, 0.3) is 11.4 Å². The van der Waals surface area contributed by atoms with Crippen molar-refractivity contribution in [2.45, 2.75) is 24.9 Å². The highest BCUT2D eigenvalue weighted by molar-refractivity contribution is 7.98. The van der Waals surface area contributed by atoms with Gasteiger partial charge < -0.3 is 5.73 Å². The first-order valence-corrected chi connectivity index (χ1v) is 7.25. The Morgan fingerprint density at radius 1 is 1.17 bits per heavy atom. The lowest BCUT2D eigenvalue weighted by molar-refractivity contribution is 1.08. The molecular formula is C14H15N3S. The van der Waals surface area contributed by atoms with E-state index in [0.29, 0.717) is 5.82 Å². The molecule has 0 saturated carbocycles. The lowest BCUT2D eigenvalue weighted by Crippen LogP contribution is -2.02. The summed E-state index contributed by atoms with van der Waals surface area (Å²) in [5, 5.41) is 0. The second kappa shape index (κ2) is 4.61. The third kappa shape index (κ3) is 1.97. The van der Waals surface area contributed by atoms with Gasteiger partial charge >= 0.3 is 0 Å². The minimum Gasteiger partial charge on any atom is -0.383 e. The summed E-state index contributed by atoms with van der Waals surface area (Å²) in [6.45, 7) is 2.15. The second-order valence-corrected chi connectivity index (χ2v) is 5.39. The monoisotopic (exact) mass is 257 g/mol. The van der Waals surface area contributed by atoms with Gasteiger partial charge in [-0.2, -0.15) is 11.8 Å². The van der Waals surface area contributed by atoms with Gasteiger partial charge in [-0.1, -0.05) is 31.2 Å². The maximum absolute atomic E-state index is 6.00. The molecule has 1 aliphatic rings. The van der Waals surface area contributed by atoms with Crippen molar-refractivity contribution in [2.24, 2.45) is 0 Å². The summed E-state index contributed by atoms with van der Waals surface area (Å²) < 4.78 is 0. The van der Waals surface area contributed by atoms with Crippen molar-refractivity contribution in [1.82, 2.24) is 9.97 Å². The predicted molar refractivity (Wildman–Crippen MR) is 76.3 cm³/mol. The average molecular weight is 257 g/mol. The van der Waals surface area contributed by atoms with Crippen LogP contribution in [0.4, 0.5) is 5.82 Å². The Morgan fingerprint density at radius 2 is 1.94 bits per heavy atom. The van der Waals surface area contributed by atoms with Crippen LogP contribution in [0.5, 0.6) is 0 Å². The molecule has 1 aliphatic heterocycles. The number of aromatic nitrogens is 2. The predicted octanol–water partition coefficient (Wildman–Crippen LogP) is 3.04. The number of benzene rings is 1. The first-order chi connectivity index (χ1) is 8.78. The zero-order valence-electron chi connectivity index (χ0n) is 10.3. The van der Waals surface area contributed by atoms with Gasteiger partial charge in [-0.15, -0.1) is 0 Å². The molecule has 2 N–H and O–H groups in total. The molecule has 0 bridgehead atoms. The van der Waals surface area contributed by atoms with Gasteiger partial charge in [-0.3, -0.25) is 0 Å². The topological polar surface area (TPSA) is 51.8 Å². The lowest BCUT2D eigenvalue weighted by Gasteiger charge is -2.06. The van der Waals surface area contributed by atoms with Crippen LogP contribution in [0.2, 0.25) is 0 Å². The van der Waals surface area contributed by atoms with E-state index in [1.165, 1.54) is 5.56 Å². The number of hydrogen-bond acceptors (Lipinski definition) is 4. The van der Waals surface area contributed by atoms with Crippen LogP contribution in [0.1, 0.15) is 23.7 Å². The van der Waals surface area contributed by atoms with E-state index < -0.39 is 0 Å². The van der Waals surface area contributed by atoms with E-state index in [1.807, 2.05) is 11.8 Å². The number of hydrogen-bond donors (Lipinski definition) is 1. The van der Waals surface area contributed by atoms with Gasteiger partial charge in [0.1, 0.15) is 5.82 Å². The van der Waals surface area contributed by atoms with Gasteiger partial charge in [0.2, 0.25) is 0 Å². The molecule has 0 spiro atoms. The molecule has 1 aromatic heterocycles. The van der Waals surface area contributed by atoms with Crippen molar-refractivity contribution in [2.75, 3.05) is 5.73 Å². The molecule has 0 fully saturated rings. The van der Waals surface area contributed by atoms with E-state index in [4.69, 9.17) is 5.73 Å². The molecule has 18 heavy (non-hydrogen) atoms. The lowest BCUT2D eigenvalue weighted by atomic mass is 10.1. The third-order valence-electron chi connectivity index (χ3n) is 3.23. The molecule has 2 aromatic rings. The molecule has 3 rings (SSSR count). The molecule has 2 heterocycles. The van der Waals surface area contributed by atoms with E-state index >= 15 is 0 Å². The number of thioether (sulfide) groups is 1. The van der Waals surface area contributed by atoms with Crippen LogP contribution in [-0.4, -0.2) is 9.97 Å². The molecule has 1 aromatic carbocycles. The molecule has 0 radical (unpaired) electrons. The average Bonchev–Trinajstić information content (AvgIpc) is 2.88. The van der Waals surface area contributed by atoms with Crippen molar-refractivity contribution in [1.29, 1.82) is 0 Å². The number of aryl methyl sites for hydroxylation is 1. The van der Waals surface area contributed by atoms with Crippen LogP contribution in [0, 0.1) is 0 Å². The van der Waals surface area contributed by atoms with E-state index in [9.17, 15) is 0 Å². The molecule has 0 saturated heterocycles. The van der Waals surface area contributed by atoms with Gasteiger partial charge in [-0.25, -0.2) is 9.97 Å². The third-order valence-corrected chi connectivity index (χ3v) is 4.20. The van der Waals surface area contributed by atoms with Crippen LogP contribution in [0.15, 0.2) is 24.3 Å². The highest BCUT2D eigenvalue weighted by atomic mass is 32.2. The number of anilines is 1. The summed E-state index contributed by atoms with van der Waals surface area (Å²) in [5.41, 5.74) is 10.6. The summed E-state index contributed by atoms with van der Waals surface area (Å²) in [7, 11) is 0. The van der Waals surface area contributed by atoms with Crippen molar-refractivity contribution in [3.63, 3.8) is 0 Å². The Bertz CT molecular complexity index is 578. The van der Waals surface area contributed by atoms with Crippen LogP contribution >= 0.6 is 11.8 Å². The summed E-state index contributed by atoms with van der Waals surface area (Å²) >= 11 is 1.84. The van der Waals surface area contributed by atoms with Gasteiger partial charge in [0.25, 0.3) is 0 Å². The Hall–Kier alpha value is -1.55. The van der Waals surface area contributed by atoms with Crippen molar-refractivity contribution >= 4 is 17.6 Å². The largest absolute Gasteiger partial charge is 0.383 e. The maximum Gasteiger partial charge on any atom is 0.161 e.